The Hall–Kier alpha value is -2.82. The van der Waals surface area contributed by atoms with Gasteiger partial charge in [0.25, 0.3) is 0 Å². The van der Waals surface area contributed by atoms with Gasteiger partial charge in [0, 0.05) is 41.7 Å². The number of nitrogens with zero attached hydrogens (tertiary/aromatic N) is 2. The van der Waals surface area contributed by atoms with E-state index in [4.69, 9.17) is 4.74 Å². The number of aliphatic hydroxyl groups is 1. The first-order valence-electron chi connectivity index (χ1n) is 13.0. The number of aliphatic carboxylic acids is 1. The number of ether oxygens (including phenoxy) is 1. The van der Waals surface area contributed by atoms with E-state index < -0.39 is 23.8 Å². The highest BCUT2D eigenvalue weighted by Crippen LogP contribution is 2.35. The number of aromatic nitrogens is 1. The van der Waals surface area contributed by atoms with Gasteiger partial charge in [-0.2, -0.15) is 13.2 Å². The van der Waals surface area contributed by atoms with Gasteiger partial charge in [0.1, 0.15) is 5.75 Å². The van der Waals surface area contributed by atoms with E-state index in [1.807, 2.05) is 24.3 Å². The van der Waals surface area contributed by atoms with Gasteiger partial charge in [-0.1, -0.05) is 0 Å². The molecule has 39 heavy (non-hydrogen) atoms. The number of benzene rings is 2. The predicted molar refractivity (Wildman–Crippen MR) is 145 cm³/mol. The van der Waals surface area contributed by atoms with Crippen LogP contribution in [-0.4, -0.2) is 58.6 Å². The maximum atomic E-state index is 12.8. The second kappa shape index (κ2) is 13.0. The molecule has 10 heteroatoms. The lowest BCUT2D eigenvalue weighted by Gasteiger charge is -2.38. The van der Waals surface area contributed by atoms with E-state index in [9.17, 15) is 28.2 Å². The maximum Gasteiger partial charge on any atom is 0.416 e. The van der Waals surface area contributed by atoms with E-state index in [-0.39, 0.29) is 18.3 Å². The first kappa shape index (κ1) is 29.2. The number of likely N-dealkylation sites (tertiary alicyclic amines) is 1. The average molecular weight is 563 g/mol. The number of piperidine rings is 1. The molecule has 0 amide bonds. The van der Waals surface area contributed by atoms with E-state index in [1.165, 1.54) is 23.9 Å². The van der Waals surface area contributed by atoms with E-state index in [2.05, 4.69) is 9.88 Å². The molecule has 0 bridgehead atoms. The Morgan fingerprint density at radius 1 is 1.18 bits per heavy atom. The van der Waals surface area contributed by atoms with Crippen LogP contribution < -0.4 is 4.74 Å². The quantitative estimate of drug-likeness (QED) is 0.266. The minimum Gasteiger partial charge on any atom is -0.497 e. The number of thioether (sulfide) groups is 1. The zero-order valence-corrected chi connectivity index (χ0v) is 22.5. The standard InChI is InChI=1S/C29H33F3N2O4S/c1-38-22-5-8-26-25(17-22)24(10-12-33-26)27(35)9-2-19-11-13-34(18-20(19)16-28(36)37)14-15-39-23-6-3-21(4-7-23)29(30,31)32/h3-8,10,12,17,19-20,27,35H,2,9,11,13-16,18H2,1H3,(H,36,37)/t19-,20+,27-/m1/s1. The van der Waals surface area contributed by atoms with Crippen LogP contribution in [0.5, 0.6) is 5.75 Å². The van der Waals surface area contributed by atoms with Crippen molar-refractivity contribution < 1.29 is 32.9 Å². The Kier molecular flexibility index (Phi) is 9.74. The molecule has 4 rings (SSSR count). The number of carboxylic acids is 1. The van der Waals surface area contributed by atoms with Crippen LogP contribution in [0.4, 0.5) is 13.2 Å². The lowest BCUT2D eigenvalue weighted by molar-refractivity contribution is -0.139. The summed E-state index contributed by atoms with van der Waals surface area (Å²) < 4.78 is 43.6. The van der Waals surface area contributed by atoms with Crippen LogP contribution in [0.1, 0.15) is 42.9 Å². The number of alkyl halides is 3. The molecular weight excluding hydrogens is 529 g/mol. The van der Waals surface area contributed by atoms with Crippen LogP contribution in [0.15, 0.2) is 59.6 Å². The first-order chi connectivity index (χ1) is 18.6. The Labute approximate surface area is 230 Å². The normalized spacial score (nSPS) is 19.2. The number of methoxy groups -OCH3 is 1. The number of fused-ring (bicyclic) bond motifs is 1. The van der Waals surface area contributed by atoms with Crippen molar-refractivity contribution in [3.63, 3.8) is 0 Å². The molecule has 210 valence electrons. The summed E-state index contributed by atoms with van der Waals surface area (Å²) in [6, 6.07) is 12.5. The Bertz CT molecular complexity index is 1260. The van der Waals surface area contributed by atoms with Crippen LogP contribution in [0.25, 0.3) is 10.9 Å². The largest absolute Gasteiger partial charge is 0.497 e. The van der Waals surface area contributed by atoms with Gasteiger partial charge in [-0.3, -0.25) is 9.78 Å². The first-order valence-corrected chi connectivity index (χ1v) is 14.0. The number of rotatable bonds is 11. The van der Waals surface area contributed by atoms with Crippen molar-refractivity contribution in [3.05, 3.63) is 65.9 Å². The second-order valence-electron chi connectivity index (χ2n) is 9.95. The summed E-state index contributed by atoms with van der Waals surface area (Å²) in [6.45, 7) is 2.19. The molecule has 0 saturated carbocycles. The van der Waals surface area contributed by atoms with Gasteiger partial charge >= 0.3 is 12.1 Å². The highest BCUT2D eigenvalue weighted by atomic mass is 32.2. The van der Waals surface area contributed by atoms with Gasteiger partial charge in [0.05, 0.1) is 24.3 Å². The van der Waals surface area contributed by atoms with Crippen molar-refractivity contribution in [2.45, 2.75) is 42.9 Å². The Morgan fingerprint density at radius 3 is 2.64 bits per heavy atom. The topological polar surface area (TPSA) is 82.9 Å². The predicted octanol–water partition coefficient (Wildman–Crippen LogP) is 6.28. The summed E-state index contributed by atoms with van der Waals surface area (Å²) in [5, 5.41) is 21.4. The van der Waals surface area contributed by atoms with Crippen molar-refractivity contribution in [3.8, 4) is 5.75 Å². The lowest BCUT2D eigenvalue weighted by atomic mass is 9.79. The fourth-order valence-electron chi connectivity index (χ4n) is 5.32. The average Bonchev–Trinajstić information content (AvgIpc) is 2.91. The number of aliphatic hydroxyl groups excluding tert-OH is 1. The van der Waals surface area contributed by atoms with Gasteiger partial charge in [0.15, 0.2) is 0 Å². The number of hydrogen-bond acceptors (Lipinski definition) is 6. The molecule has 3 aromatic rings. The molecule has 1 fully saturated rings. The van der Waals surface area contributed by atoms with Crippen molar-refractivity contribution in [1.82, 2.24) is 9.88 Å². The highest BCUT2D eigenvalue weighted by Gasteiger charge is 2.32. The Morgan fingerprint density at radius 2 is 1.95 bits per heavy atom. The monoisotopic (exact) mass is 562 g/mol. The third-order valence-electron chi connectivity index (χ3n) is 7.42. The molecule has 0 unspecified atom stereocenters. The van der Waals surface area contributed by atoms with Gasteiger partial charge in [-0.25, -0.2) is 0 Å². The minimum atomic E-state index is -4.34. The number of carboxylic acid groups (broad SMARTS) is 1. The minimum absolute atomic E-state index is 0.0335. The fourth-order valence-corrected chi connectivity index (χ4v) is 6.23. The molecule has 6 nitrogen and oxygen atoms in total. The molecule has 2 aromatic carbocycles. The molecule has 2 N–H and O–H groups in total. The molecule has 1 aromatic heterocycles. The van der Waals surface area contributed by atoms with Crippen LogP contribution >= 0.6 is 11.8 Å². The summed E-state index contributed by atoms with van der Waals surface area (Å²) >= 11 is 1.49. The SMILES string of the molecule is COc1ccc2nccc([C@H](O)CC[C@@H]3CCN(CCSc4ccc(C(F)(F)F)cc4)C[C@@H]3CC(=O)O)c2c1. The number of hydrogen-bond donors (Lipinski definition) is 2. The molecular formula is C29H33F3N2O4S. The van der Waals surface area contributed by atoms with E-state index in [0.29, 0.717) is 30.9 Å². The third kappa shape index (κ3) is 7.86. The molecule has 0 radical (unpaired) electrons. The van der Waals surface area contributed by atoms with Crippen molar-refractivity contribution >= 4 is 28.6 Å². The second-order valence-corrected chi connectivity index (χ2v) is 11.1. The van der Waals surface area contributed by atoms with Gasteiger partial charge in [-0.05, 0) is 91.7 Å². The molecule has 2 heterocycles. The lowest BCUT2D eigenvalue weighted by Crippen LogP contribution is -2.42. The molecule has 1 aliphatic rings. The van der Waals surface area contributed by atoms with Crippen molar-refractivity contribution in [2.75, 3.05) is 32.5 Å². The fraction of sp³-hybridized carbons (Fsp3) is 0.448. The summed E-state index contributed by atoms with van der Waals surface area (Å²) in [4.78, 5) is 19.0. The van der Waals surface area contributed by atoms with Crippen molar-refractivity contribution in [2.24, 2.45) is 11.8 Å². The van der Waals surface area contributed by atoms with Crippen LogP contribution in [-0.2, 0) is 11.0 Å². The molecule has 0 aliphatic carbocycles. The van der Waals surface area contributed by atoms with Gasteiger partial charge in [-0.15, -0.1) is 11.8 Å². The van der Waals surface area contributed by atoms with Crippen LogP contribution in [0.3, 0.4) is 0 Å². The zero-order valence-electron chi connectivity index (χ0n) is 21.7. The number of carbonyl (C=O) groups is 1. The molecule has 3 atom stereocenters. The number of pyridine rings is 1. The zero-order chi connectivity index (χ0) is 28.0. The van der Waals surface area contributed by atoms with Crippen LogP contribution in [0.2, 0.25) is 0 Å². The third-order valence-corrected chi connectivity index (χ3v) is 8.41. The van der Waals surface area contributed by atoms with E-state index in [1.54, 1.807) is 13.3 Å². The van der Waals surface area contributed by atoms with Crippen LogP contribution in [0, 0.1) is 11.8 Å². The summed E-state index contributed by atoms with van der Waals surface area (Å²) in [6.07, 6.45) is -1.24. The maximum absolute atomic E-state index is 12.8. The molecule has 1 aliphatic heterocycles. The smallest absolute Gasteiger partial charge is 0.416 e. The van der Waals surface area contributed by atoms with E-state index in [0.717, 1.165) is 53.0 Å². The summed E-state index contributed by atoms with van der Waals surface area (Å²) in [5.41, 5.74) is 0.900. The Balaban J connectivity index is 1.32. The van der Waals surface area contributed by atoms with Gasteiger partial charge < -0.3 is 19.8 Å². The van der Waals surface area contributed by atoms with Crippen molar-refractivity contribution in [1.29, 1.82) is 0 Å². The molecule has 0 spiro atoms. The van der Waals surface area contributed by atoms with E-state index >= 15 is 0 Å². The molecule has 1 saturated heterocycles. The summed E-state index contributed by atoms with van der Waals surface area (Å²) in [5.74, 6) is 0.701. The highest BCUT2D eigenvalue weighted by molar-refractivity contribution is 7.99. The summed E-state index contributed by atoms with van der Waals surface area (Å²) in [7, 11) is 1.59. The number of halogens is 3. The van der Waals surface area contributed by atoms with Gasteiger partial charge in [0.2, 0.25) is 0 Å².